The lowest BCUT2D eigenvalue weighted by atomic mass is 9.87. The number of likely N-dealkylation sites (tertiary alicyclic amines) is 1. The summed E-state index contributed by atoms with van der Waals surface area (Å²) in [6, 6.07) is 22.9. The van der Waals surface area contributed by atoms with Crippen molar-refractivity contribution in [2.45, 2.75) is 69.5 Å². The maximum Gasteiger partial charge on any atom is 0.262 e. The lowest BCUT2D eigenvalue weighted by molar-refractivity contribution is -0.136. The quantitative estimate of drug-likeness (QED) is 0.185. The van der Waals surface area contributed by atoms with E-state index in [9.17, 15) is 19.2 Å². The minimum absolute atomic E-state index is 0.102. The second kappa shape index (κ2) is 16.3. The van der Waals surface area contributed by atoms with Gasteiger partial charge in [0.2, 0.25) is 11.8 Å². The van der Waals surface area contributed by atoms with E-state index in [1.54, 1.807) is 12.1 Å². The lowest BCUT2D eigenvalue weighted by Gasteiger charge is -2.43. The molecule has 3 aromatic carbocycles. The number of ether oxygens (including phenoxy) is 1. The van der Waals surface area contributed by atoms with Crippen LogP contribution in [0.1, 0.15) is 78.1 Å². The monoisotopic (exact) mass is 822 g/mol. The largest absolute Gasteiger partial charge is 0.457 e. The predicted molar refractivity (Wildman–Crippen MR) is 229 cm³/mol. The molecule has 6 heterocycles. The molecule has 1 aliphatic carbocycles. The Morgan fingerprint density at radius 2 is 1.43 bits per heavy atom. The molecule has 15 heteroatoms. The number of hydrogen-bond donors (Lipinski definition) is 2. The first-order chi connectivity index (χ1) is 29.8. The van der Waals surface area contributed by atoms with Crippen LogP contribution in [0.3, 0.4) is 0 Å². The molecule has 3 N–H and O–H groups in total. The number of nitrogen functional groups attached to an aromatic ring is 1. The zero-order chi connectivity index (χ0) is 41.6. The summed E-state index contributed by atoms with van der Waals surface area (Å²) in [4.78, 5) is 68.3. The number of nitrogens with one attached hydrogen (secondary N) is 1. The van der Waals surface area contributed by atoms with Gasteiger partial charge in [-0.2, -0.15) is 5.10 Å². The van der Waals surface area contributed by atoms with E-state index in [4.69, 9.17) is 15.6 Å². The van der Waals surface area contributed by atoms with Gasteiger partial charge in [-0.1, -0.05) is 18.2 Å². The average Bonchev–Trinajstić information content (AvgIpc) is 3.80. The number of para-hydroxylation sites is 1. The standard InChI is InChI=1S/C46H50N10O5/c47-42-40-41(30-6-13-35(14-7-30)61-34-4-2-1-3-5-34)51-56(43(40)49-28-48-42)32-10-8-31(9-11-32)53-20-18-29(19-21-53)27-52-22-24-54(25-23-52)33-12-15-36-37(26-33)46(60)55(45(36)59)38-16-17-39(57)50-44(38)58/h1-7,12-15,26,28-29,31-32,38H,8-11,16-25,27H2,(H2,47,48,49)(H,50,57,58). The highest BCUT2D eigenvalue weighted by Gasteiger charge is 2.45. The first kappa shape index (κ1) is 39.0. The molecular formula is C46H50N10O5. The molecule has 4 aliphatic heterocycles. The summed E-state index contributed by atoms with van der Waals surface area (Å²) in [5, 5.41) is 8.20. The van der Waals surface area contributed by atoms with Crippen LogP contribution in [0.2, 0.25) is 0 Å². The van der Waals surface area contributed by atoms with Gasteiger partial charge in [-0.05, 0) is 119 Å². The van der Waals surface area contributed by atoms with Gasteiger partial charge < -0.3 is 20.3 Å². The second-order valence-electron chi connectivity index (χ2n) is 17.1. The highest BCUT2D eigenvalue weighted by Crippen LogP contribution is 2.39. The number of benzene rings is 3. The van der Waals surface area contributed by atoms with Crippen LogP contribution in [-0.4, -0.2) is 116 Å². The van der Waals surface area contributed by atoms with Crippen molar-refractivity contribution in [2.75, 3.05) is 56.4 Å². The average molecular weight is 823 g/mol. The number of imide groups is 2. The second-order valence-corrected chi connectivity index (χ2v) is 17.1. The number of anilines is 2. The minimum Gasteiger partial charge on any atom is -0.457 e. The maximum atomic E-state index is 13.4. The molecule has 0 radical (unpaired) electrons. The van der Waals surface area contributed by atoms with Crippen molar-refractivity contribution in [3.05, 3.63) is 90.3 Å². The molecule has 1 atom stereocenters. The Morgan fingerprint density at radius 3 is 2.16 bits per heavy atom. The number of carbonyl (C=O) groups is 4. The summed E-state index contributed by atoms with van der Waals surface area (Å²) in [5.74, 6) is 0.719. The molecule has 2 aromatic heterocycles. The smallest absolute Gasteiger partial charge is 0.262 e. The van der Waals surface area contributed by atoms with Crippen LogP contribution in [-0.2, 0) is 9.59 Å². The topological polar surface area (TPSA) is 172 Å². The van der Waals surface area contributed by atoms with E-state index < -0.39 is 23.8 Å². The van der Waals surface area contributed by atoms with Gasteiger partial charge in [0, 0.05) is 56.4 Å². The van der Waals surface area contributed by atoms with E-state index in [1.165, 1.54) is 19.2 Å². The third-order valence-corrected chi connectivity index (χ3v) is 13.5. The molecule has 15 nitrogen and oxygen atoms in total. The van der Waals surface area contributed by atoms with Gasteiger partial charge in [-0.15, -0.1) is 0 Å². The number of piperidine rings is 2. The first-order valence-electron chi connectivity index (χ1n) is 21.7. The van der Waals surface area contributed by atoms with E-state index in [-0.39, 0.29) is 24.8 Å². The Bertz CT molecular complexity index is 2470. The molecule has 1 unspecified atom stereocenters. The molecule has 1 saturated carbocycles. The SMILES string of the molecule is Nc1ncnc2c1c(-c1ccc(Oc3ccccc3)cc1)nn2C1CCC(N2CCC(CN3CCN(c4ccc5c(c4)C(=O)N(C4CCC(=O)NC4=O)C5=O)CC3)CC2)CC1. The highest BCUT2D eigenvalue weighted by molar-refractivity contribution is 6.23. The summed E-state index contributed by atoms with van der Waals surface area (Å²) in [7, 11) is 0. The number of nitrogens with two attached hydrogens (primary N) is 1. The third kappa shape index (κ3) is 7.61. The third-order valence-electron chi connectivity index (χ3n) is 13.5. The van der Waals surface area contributed by atoms with Gasteiger partial charge in [-0.25, -0.2) is 14.6 Å². The van der Waals surface area contributed by atoms with Crippen molar-refractivity contribution in [2.24, 2.45) is 5.92 Å². The van der Waals surface area contributed by atoms with Crippen LogP contribution in [0.25, 0.3) is 22.3 Å². The zero-order valence-electron chi connectivity index (χ0n) is 34.1. The Balaban J connectivity index is 0.703. The fourth-order valence-electron chi connectivity index (χ4n) is 10.1. The molecule has 314 valence electrons. The number of piperazine rings is 1. The van der Waals surface area contributed by atoms with Crippen LogP contribution in [0, 0.1) is 5.92 Å². The summed E-state index contributed by atoms with van der Waals surface area (Å²) >= 11 is 0. The van der Waals surface area contributed by atoms with Crippen LogP contribution in [0.4, 0.5) is 11.5 Å². The number of aromatic nitrogens is 4. The molecule has 61 heavy (non-hydrogen) atoms. The van der Waals surface area contributed by atoms with Crippen molar-refractivity contribution in [3.63, 3.8) is 0 Å². The van der Waals surface area contributed by atoms with Gasteiger partial charge in [-0.3, -0.25) is 34.3 Å². The van der Waals surface area contributed by atoms with E-state index in [2.05, 4.69) is 34.7 Å². The number of hydrogen-bond acceptors (Lipinski definition) is 12. The molecule has 3 saturated heterocycles. The summed E-state index contributed by atoms with van der Waals surface area (Å²) in [5.41, 5.74) is 10.5. The van der Waals surface area contributed by atoms with E-state index >= 15 is 0 Å². The van der Waals surface area contributed by atoms with Crippen molar-refractivity contribution in [1.29, 1.82) is 0 Å². The number of fused-ring (bicyclic) bond motifs is 2. The Morgan fingerprint density at radius 1 is 0.721 bits per heavy atom. The van der Waals surface area contributed by atoms with Crippen LogP contribution < -0.4 is 20.7 Å². The Hall–Kier alpha value is -6.19. The zero-order valence-corrected chi connectivity index (χ0v) is 34.1. The minimum atomic E-state index is -0.962. The molecule has 4 amide bonds. The number of nitrogens with zero attached hydrogens (tertiary/aromatic N) is 8. The molecule has 10 rings (SSSR count). The van der Waals surface area contributed by atoms with Gasteiger partial charge >= 0.3 is 0 Å². The number of amides is 4. The first-order valence-corrected chi connectivity index (χ1v) is 21.7. The maximum absolute atomic E-state index is 13.4. The van der Waals surface area contributed by atoms with Crippen molar-refractivity contribution >= 4 is 46.2 Å². The fraction of sp³-hybridized carbons (Fsp3) is 0.413. The molecular weight excluding hydrogens is 773 g/mol. The highest BCUT2D eigenvalue weighted by atomic mass is 16.5. The van der Waals surface area contributed by atoms with Crippen molar-refractivity contribution < 1.29 is 23.9 Å². The summed E-state index contributed by atoms with van der Waals surface area (Å²) < 4.78 is 8.12. The van der Waals surface area contributed by atoms with Crippen LogP contribution >= 0.6 is 0 Å². The van der Waals surface area contributed by atoms with E-state index in [0.29, 0.717) is 28.9 Å². The fourth-order valence-corrected chi connectivity index (χ4v) is 10.1. The van der Waals surface area contributed by atoms with Crippen molar-refractivity contribution in [1.82, 2.24) is 39.8 Å². The van der Waals surface area contributed by atoms with Gasteiger partial charge in [0.1, 0.15) is 35.4 Å². The summed E-state index contributed by atoms with van der Waals surface area (Å²) in [6.07, 6.45) is 8.49. The molecule has 5 aliphatic rings. The van der Waals surface area contributed by atoms with E-state index in [0.717, 1.165) is 116 Å². The van der Waals surface area contributed by atoms with Crippen LogP contribution in [0.15, 0.2) is 79.1 Å². The molecule has 5 aromatic rings. The summed E-state index contributed by atoms with van der Waals surface area (Å²) in [6.45, 7) is 6.88. The van der Waals surface area contributed by atoms with E-state index in [1.807, 2.05) is 60.7 Å². The number of carbonyl (C=O) groups excluding carboxylic acids is 4. The van der Waals surface area contributed by atoms with Crippen molar-refractivity contribution in [3.8, 4) is 22.8 Å². The molecule has 0 bridgehead atoms. The predicted octanol–water partition coefficient (Wildman–Crippen LogP) is 5.29. The van der Waals surface area contributed by atoms with Gasteiger partial charge in [0.05, 0.1) is 22.6 Å². The van der Waals surface area contributed by atoms with Crippen LogP contribution in [0.5, 0.6) is 11.5 Å². The molecule has 0 spiro atoms. The normalized spacial score (nSPS) is 23.1. The Kier molecular flexibility index (Phi) is 10.4. The van der Waals surface area contributed by atoms with Gasteiger partial charge in [0.25, 0.3) is 11.8 Å². The Labute approximate surface area is 353 Å². The molecule has 4 fully saturated rings. The number of rotatable bonds is 9. The van der Waals surface area contributed by atoms with Gasteiger partial charge in [0.15, 0.2) is 5.65 Å². The lowest BCUT2D eigenvalue weighted by Crippen LogP contribution is -2.54.